The lowest BCUT2D eigenvalue weighted by molar-refractivity contribution is 0.282. The third-order valence-electron chi connectivity index (χ3n) is 3.86. The summed E-state index contributed by atoms with van der Waals surface area (Å²) in [5.41, 5.74) is 0. The lowest BCUT2D eigenvalue weighted by Crippen LogP contribution is -2.31. The van der Waals surface area contributed by atoms with Crippen molar-refractivity contribution in [1.29, 1.82) is 0 Å². The second-order valence-electron chi connectivity index (χ2n) is 5.74. The van der Waals surface area contributed by atoms with Gasteiger partial charge >= 0.3 is 0 Å². The maximum absolute atomic E-state index is 12.1. The van der Waals surface area contributed by atoms with Crippen LogP contribution in [-0.2, 0) is 16.6 Å². The Morgan fingerprint density at radius 1 is 1.35 bits per heavy atom. The molecule has 2 unspecified atom stereocenters. The molecule has 1 aliphatic rings. The molecule has 2 N–H and O–H groups in total. The minimum atomic E-state index is -3.52. The van der Waals surface area contributed by atoms with Crippen molar-refractivity contribution in [3.63, 3.8) is 0 Å². The van der Waals surface area contributed by atoms with E-state index in [9.17, 15) is 8.42 Å². The van der Waals surface area contributed by atoms with Gasteiger partial charge in [-0.3, -0.25) is 0 Å². The molecule has 0 radical (unpaired) electrons. The molecule has 1 fully saturated rings. The Hall–Kier alpha value is -0.850. The predicted molar refractivity (Wildman–Crippen MR) is 77.8 cm³/mol. The fourth-order valence-corrected chi connectivity index (χ4v) is 3.88. The molecule has 0 spiro atoms. The van der Waals surface area contributed by atoms with Crippen LogP contribution in [0.4, 0.5) is 0 Å². The average Bonchev–Trinajstić information content (AvgIpc) is 2.87. The number of rotatable bonds is 6. The minimum absolute atomic E-state index is 0.00612. The van der Waals surface area contributed by atoms with Gasteiger partial charge in [-0.05, 0) is 43.9 Å². The summed E-state index contributed by atoms with van der Waals surface area (Å²) in [7, 11) is -1.73. The van der Waals surface area contributed by atoms with Crippen LogP contribution in [0.25, 0.3) is 0 Å². The van der Waals surface area contributed by atoms with Gasteiger partial charge in [0.25, 0.3) is 10.0 Å². The molecule has 1 aliphatic carbocycles. The summed E-state index contributed by atoms with van der Waals surface area (Å²) in [6.07, 6.45) is 4.66. The third-order valence-corrected chi connectivity index (χ3v) is 5.16. The zero-order chi connectivity index (χ0) is 14.6. The first-order valence-electron chi connectivity index (χ1n) is 7.24. The zero-order valence-corrected chi connectivity index (χ0v) is 13.0. The Morgan fingerprint density at radius 2 is 2.15 bits per heavy atom. The van der Waals surface area contributed by atoms with E-state index >= 15 is 0 Å². The van der Waals surface area contributed by atoms with Crippen LogP contribution in [0.3, 0.4) is 0 Å². The van der Waals surface area contributed by atoms with E-state index in [1.165, 1.54) is 18.9 Å². The molecule has 1 aromatic heterocycles. The van der Waals surface area contributed by atoms with Crippen molar-refractivity contribution in [2.45, 2.75) is 44.2 Å². The Kier molecular flexibility index (Phi) is 5.23. The van der Waals surface area contributed by atoms with Crippen molar-refractivity contribution in [3.05, 3.63) is 17.9 Å². The summed E-state index contributed by atoms with van der Waals surface area (Å²) < 4.78 is 32.3. The molecule has 1 heterocycles. The van der Waals surface area contributed by atoms with Crippen molar-refractivity contribution in [2.75, 3.05) is 13.6 Å². The first-order valence-corrected chi connectivity index (χ1v) is 8.72. The van der Waals surface area contributed by atoms with E-state index in [1.807, 2.05) is 0 Å². The lowest BCUT2D eigenvalue weighted by Gasteiger charge is -2.26. The summed E-state index contributed by atoms with van der Waals surface area (Å²) in [5.74, 6) is 1.77. The van der Waals surface area contributed by atoms with Crippen LogP contribution in [0.15, 0.2) is 21.6 Å². The van der Waals surface area contributed by atoms with Crippen LogP contribution in [0.1, 0.15) is 38.4 Å². The van der Waals surface area contributed by atoms with Crippen molar-refractivity contribution in [1.82, 2.24) is 10.0 Å². The van der Waals surface area contributed by atoms with Crippen LogP contribution >= 0.6 is 0 Å². The van der Waals surface area contributed by atoms with E-state index in [-0.39, 0.29) is 5.09 Å². The smallest absolute Gasteiger partial charge is 0.273 e. The van der Waals surface area contributed by atoms with E-state index in [0.29, 0.717) is 30.7 Å². The summed E-state index contributed by atoms with van der Waals surface area (Å²) in [4.78, 5) is 0. The van der Waals surface area contributed by atoms with E-state index in [1.54, 1.807) is 13.1 Å². The Morgan fingerprint density at radius 3 is 2.85 bits per heavy atom. The van der Waals surface area contributed by atoms with Crippen molar-refractivity contribution >= 4 is 10.0 Å². The normalized spacial score (nSPS) is 23.9. The second-order valence-corrected chi connectivity index (χ2v) is 7.44. The van der Waals surface area contributed by atoms with Crippen LogP contribution in [-0.4, -0.2) is 22.0 Å². The molecular formula is C14H24N2O3S. The zero-order valence-electron chi connectivity index (χ0n) is 12.2. The highest BCUT2D eigenvalue weighted by Crippen LogP contribution is 2.28. The van der Waals surface area contributed by atoms with Crippen LogP contribution < -0.4 is 10.0 Å². The van der Waals surface area contributed by atoms with Crippen LogP contribution in [0.5, 0.6) is 0 Å². The van der Waals surface area contributed by atoms with Gasteiger partial charge in [-0.25, -0.2) is 13.1 Å². The fraction of sp³-hybridized carbons (Fsp3) is 0.714. The molecule has 1 saturated carbocycles. The second kappa shape index (κ2) is 6.74. The number of hydrogen-bond acceptors (Lipinski definition) is 4. The van der Waals surface area contributed by atoms with Gasteiger partial charge in [-0.2, -0.15) is 0 Å². The highest BCUT2D eigenvalue weighted by molar-refractivity contribution is 7.89. The Labute approximate surface area is 121 Å². The molecule has 0 amide bonds. The summed E-state index contributed by atoms with van der Waals surface area (Å²) in [6, 6.07) is 3.20. The first kappa shape index (κ1) is 15.5. The van der Waals surface area contributed by atoms with E-state index < -0.39 is 10.0 Å². The molecule has 1 aromatic rings. The largest absolute Gasteiger partial charge is 0.447 e. The summed E-state index contributed by atoms with van der Waals surface area (Å²) >= 11 is 0. The van der Waals surface area contributed by atoms with Crippen LogP contribution in [0.2, 0.25) is 0 Å². The highest BCUT2D eigenvalue weighted by Gasteiger charge is 2.23. The van der Waals surface area contributed by atoms with Gasteiger partial charge in [0.15, 0.2) is 0 Å². The third kappa shape index (κ3) is 4.07. The van der Waals surface area contributed by atoms with Gasteiger partial charge in [0.05, 0.1) is 6.54 Å². The van der Waals surface area contributed by atoms with Gasteiger partial charge in [-0.1, -0.05) is 19.8 Å². The summed E-state index contributed by atoms with van der Waals surface area (Å²) in [5, 5.41) is 2.93. The van der Waals surface area contributed by atoms with Crippen molar-refractivity contribution < 1.29 is 12.8 Å². The number of nitrogens with one attached hydrogen (secondary N) is 2. The molecular weight excluding hydrogens is 276 g/mol. The van der Waals surface area contributed by atoms with Gasteiger partial charge < -0.3 is 9.73 Å². The van der Waals surface area contributed by atoms with Crippen molar-refractivity contribution in [2.24, 2.45) is 11.8 Å². The van der Waals surface area contributed by atoms with Gasteiger partial charge in [-0.15, -0.1) is 0 Å². The molecule has 6 heteroatoms. The van der Waals surface area contributed by atoms with Gasteiger partial charge in [0.2, 0.25) is 5.09 Å². The maximum atomic E-state index is 12.1. The van der Waals surface area contributed by atoms with Gasteiger partial charge in [0, 0.05) is 6.54 Å². The molecule has 0 aromatic carbocycles. The molecule has 0 bridgehead atoms. The topological polar surface area (TPSA) is 71.3 Å². The van der Waals surface area contributed by atoms with Crippen molar-refractivity contribution in [3.8, 4) is 0 Å². The maximum Gasteiger partial charge on any atom is 0.273 e. The molecule has 2 rings (SSSR count). The molecule has 5 nitrogen and oxygen atoms in total. The molecule has 114 valence electrons. The van der Waals surface area contributed by atoms with Gasteiger partial charge in [0.1, 0.15) is 5.76 Å². The Bertz CT molecular complexity index is 524. The first-order chi connectivity index (χ1) is 9.51. The van der Waals surface area contributed by atoms with E-state index in [0.717, 1.165) is 12.8 Å². The summed E-state index contributed by atoms with van der Waals surface area (Å²) in [6.45, 7) is 3.27. The average molecular weight is 300 g/mol. The Balaban J connectivity index is 1.92. The minimum Gasteiger partial charge on any atom is -0.447 e. The highest BCUT2D eigenvalue weighted by atomic mass is 32.2. The molecule has 20 heavy (non-hydrogen) atoms. The standard InChI is InChI=1S/C14H24N2O3S/c1-11-4-3-5-12(8-11)9-16-20(17,18)14-7-6-13(19-14)10-15-2/h6-7,11-12,15-16H,3-5,8-10H2,1-2H3. The van der Waals surface area contributed by atoms with E-state index in [2.05, 4.69) is 17.0 Å². The monoisotopic (exact) mass is 300 g/mol. The number of hydrogen-bond donors (Lipinski definition) is 2. The SMILES string of the molecule is CNCc1ccc(S(=O)(=O)NCC2CCCC(C)C2)o1. The fourth-order valence-electron chi connectivity index (χ4n) is 2.82. The molecule has 2 atom stereocenters. The lowest BCUT2D eigenvalue weighted by atomic mass is 9.83. The molecule has 0 saturated heterocycles. The quantitative estimate of drug-likeness (QED) is 0.844. The number of sulfonamides is 1. The predicted octanol–water partition coefficient (Wildman–Crippen LogP) is 2.10. The van der Waals surface area contributed by atoms with Crippen LogP contribution in [0, 0.1) is 11.8 Å². The molecule has 0 aliphatic heterocycles. The number of furan rings is 1. The van der Waals surface area contributed by atoms with E-state index in [4.69, 9.17) is 4.42 Å².